The van der Waals surface area contributed by atoms with E-state index in [9.17, 15) is 4.79 Å². The number of nitrogens with two attached hydrogens (primary N) is 1. The highest BCUT2D eigenvalue weighted by Crippen LogP contribution is 2.37. The second kappa shape index (κ2) is 3.89. The van der Waals surface area contributed by atoms with E-state index in [2.05, 4.69) is 4.90 Å². The van der Waals surface area contributed by atoms with Crippen molar-refractivity contribution in [2.45, 2.75) is 38.1 Å². The zero-order valence-corrected chi connectivity index (χ0v) is 8.91. The van der Waals surface area contributed by atoms with Gasteiger partial charge in [-0.15, -0.1) is 0 Å². The molecule has 1 amide bonds. The number of hydrogen-bond acceptors (Lipinski definition) is 2. The van der Waals surface area contributed by atoms with E-state index in [1.807, 2.05) is 7.05 Å². The fraction of sp³-hybridized carbons (Fsp3) is 0.909. The van der Waals surface area contributed by atoms with E-state index in [1.165, 1.54) is 25.7 Å². The highest BCUT2D eigenvalue weighted by molar-refractivity contribution is 5.79. The number of primary amides is 1. The number of carbonyl (C=O) groups is 1. The van der Waals surface area contributed by atoms with Crippen molar-refractivity contribution >= 4 is 5.91 Å². The van der Waals surface area contributed by atoms with E-state index in [4.69, 9.17) is 5.73 Å². The molecule has 3 atom stereocenters. The fourth-order valence-electron chi connectivity index (χ4n) is 3.13. The third-order valence-corrected chi connectivity index (χ3v) is 3.98. The van der Waals surface area contributed by atoms with Crippen LogP contribution < -0.4 is 5.73 Å². The third kappa shape index (κ3) is 1.78. The lowest BCUT2D eigenvalue weighted by Gasteiger charge is -2.43. The summed E-state index contributed by atoms with van der Waals surface area (Å²) < 4.78 is 0. The van der Waals surface area contributed by atoms with Crippen LogP contribution in [-0.2, 0) is 4.79 Å². The lowest BCUT2D eigenvalue weighted by atomic mass is 9.73. The van der Waals surface area contributed by atoms with Gasteiger partial charge in [-0.2, -0.15) is 0 Å². The summed E-state index contributed by atoms with van der Waals surface area (Å²) in [5.41, 5.74) is 5.40. The Hall–Kier alpha value is -0.570. The van der Waals surface area contributed by atoms with Crippen molar-refractivity contribution in [2.75, 3.05) is 13.6 Å². The zero-order chi connectivity index (χ0) is 10.1. The van der Waals surface area contributed by atoms with Crippen LogP contribution in [0.3, 0.4) is 0 Å². The summed E-state index contributed by atoms with van der Waals surface area (Å²) in [6.07, 6.45) is 6.37. The number of hydrogen-bond donors (Lipinski definition) is 1. The molecule has 14 heavy (non-hydrogen) atoms. The van der Waals surface area contributed by atoms with E-state index in [1.54, 1.807) is 0 Å². The number of piperidine rings is 1. The van der Waals surface area contributed by atoms with Gasteiger partial charge in [0.25, 0.3) is 0 Å². The molecule has 0 aromatic rings. The zero-order valence-electron chi connectivity index (χ0n) is 8.91. The summed E-state index contributed by atoms with van der Waals surface area (Å²) in [5, 5.41) is 0. The summed E-state index contributed by atoms with van der Waals surface area (Å²) in [6.45, 7) is 1.07. The molecule has 1 heterocycles. The highest BCUT2D eigenvalue weighted by atomic mass is 16.1. The first-order valence-electron chi connectivity index (χ1n) is 5.68. The predicted molar refractivity (Wildman–Crippen MR) is 55.7 cm³/mol. The highest BCUT2D eigenvalue weighted by Gasteiger charge is 2.37. The summed E-state index contributed by atoms with van der Waals surface area (Å²) in [6, 6.07) is -0.00523. The van der Waals surface area contributed by atoms with Crippen molar-refractivity contribution < 1.29 is 4.79 Å². The SMILES string of the molecule is CN1CC2CCCC[C@H]2CC1C(N)=O. The monoisotopic (exact) mass is 196 g/mol. The molecule has 2 N–H and O–H groups in total. The van der Waals surface area contributed by atoms with Crippen molar-refractivity contribution in [3.63, 3.8) is 0 Å². The molecule has 0 aromatic carbocycles. The normalized spacial score (nSPS) is 39.1. The molecule has 2 rings (SSSR count). The Bertz CT molecular complexity index is 229. The van der Waals surface area contributed by atoms with E-state index in [-0.39, 0.29) is 11.9 Å². The molecule has 80 valence electrons. The summed E-state index contributed by atoms with van der Waals surface area (Å²) in [7, 11) is 2.03. The largest absolute Gasteiger partial charge is 0.368 e. The minimum Gasteiger partial charge on any atom is -0.368 e. The maximum absolute atomic E-state index is 11.2. The van der Waals surface area contributed by atoms with Gasteiger partial charge < -0.3 is 5.73 Å². The van der Waals surface area contributed by atoms with Crippen LogP contribution in [0.1, 0.15) is 32.1 Å². The van der Waals surface area contributed by atoms with Crippen LogP contribution in [0.25, 0.3) is 0 Å². The van der Waals surface area contributed by atoms with Gasteiger partial charge >= 0.3 is 0 Å². The molecule has 2 aliphatic rings. The van der Waals surface area contributed by atoms with Gasteiger partial charge in [0.15, 0.2) is 0 Å². The molecule has 3 heteroatoms. The van der Waals surface area contributed by atoms with Crippen molar-refractivity contribution in [3.05, 3.63) is 0 Å². The lowest BCUT2D eigenvalue weighted by molar-refractivity contribution is -0.125. The van der Waals surface area contributed by atoms with Gasteiger partial charge in [0.2, 0.25) is 5.91 Å². The maximum Gasteiger partial charge on any atom is 0.234 e. The number of amides is 1. The van der Waals surface area contributed by atoms with Gasteiger partial charge in [-0.3, -0.25) is 9.69 Å². The van der Waals surface area contributed by atoms with E-state index >= 15 is 0 Å². The molecular formula is C11H20N2O. The molecule has 3 nitrogen and oxygen atoms in total. The average molecular weight is 196 g/mol. The topological polar surface area (TPSA) is 46.3 Å². The van der Waals surface area contributed by atoms with Crippen LogP contribution in [-0.4, -0.2) is 30.4 Å². The predicted octanol–water partition coefficient (Wildman–Crippen LogP) is 0.982. The maximum atomic E-state index is 11.2. The van der Waals surface area contributed by atoms with Crippen LogP contribution in [0.5, 0.6) is 0 Å². The summed E-state index contributed by atoms with van der Waals surface area (Å²) in [5.74, 6) is 1.44. The standard InChI is InChI=1S/C11H20N2O/c1-13-7-9-5-3-2-4-8(9)6-10(13)11(12)14/h8-10H,2-7H2,1H3,(H2,12,14)/t8-,9?,10?/m0/s1. The van der Waals surface area contributed by atoms with Gasteiger partial charge in [-0.1, -0.05) is 19.3 Å². The van der Waals surface area contributed by atoms with Gasteiger partial charge in [0, 0.05) is 6.54 Å². The Balaban J connectivity index is 2.03. The first-order valence-corrected chi connectivity index (χ1v) is 5.68. The van der Waals surface area contributed by atoms with Gasteiger partial charge in [-0.25, -0.2) is 0 Å². The lowest BCUT2D eigenvalue weighted by Crippen LogP contribution is -2.51. The number of rotatable bonds is 1. The molecule has 1 aliphatic carbocycles. The molecule has 1 saturated heterocycles. The Morgan fingerprint density at radius 2 is 1.93 bits per heavy atom. The molecular weight excluding hydrogens is 176 g/mol. The van der Waals surface area contributed by atoms with Crippen molar-refractivity contribution in [2.24, 2.45) is 17.6 Å². The van der Waals surface area contributed by atoms with Crippen LogP contribution >= 0.6 is 0 Å². The van der Waals surface area contributed by atoms with Crippen LogP contribution in [0.4, 0.5) is 0 Å². The van der Waals surface area contributed by atoms with E-state index < -0.39 is 0 Å². The first kappa shape index (κ1) is 9.97. The minimum atomic E-state index is -0.142. The Morgan fingerprint density at radius 1 is 1.29 bits per heavy atom. The molecule has 0 bridgehead atoms. The molecule has 0 radical (unpaired) electrons. The second-order valence-corrected chi connectivity index (χ2v) is 4.90. The summed E-state index contributed by atoms with van der Waals surface area (Å²) in [4.78, 5) is 13.4. The Labute approximate surface area is 85.6 Å². The van der Waals surface area contributed by atoms with Gasteiger partial charge in [-0.05, 0) is 31.7 Å². The van der Waals surface area contributed by atoms with Crippen molar-refractivity contribution in [1.82, 2.24) is 4.90 Å². The van der Waals surface area contributed by atoms with E-state index in [0.717, 1.165) is 24.8 Å². The van der Waals surface area contributed by atoms with Crippen LogP contribution in [0, 0.1) is 11.8 Å². The molecule has 1 aliphatic heterocycles. The fourth-order valence-corrected chi connectivity index (χ4v) is 3.13. The van der Waals surface area contributed by atoms with Crippen LogP contribution in [0.15, 0.2) is 0 Å². The molecule has 2 fully saturated rings. The molecule has 0 spiro atoms. The van der Waals surface area contributed by atoms with E-state index in [0.29, 0.717) is 0 Å². The number of likely N-dealkylation sites (tertiary alicyclic amines) is 1. The first-order chi connectivity index (χ1) is 6.68. The minimum absolute atomic E-state index is 0.00523. The second-order valence-electron chi connectivity index (χ2n) is 4.90. The molecule has 0 aromatic heterocycles. The quantitative estimate of drug-likeness (QED) is 0.679. The van der Waals surface area contributed by atoms with Crippen molar-refractivity contribution in [1.29, 1.82) is 0 Å². The number of nitrogens with zero attached hydrogens (tertiary/aromatic N) is 1. The van der Waals surface area contributed by atoms with Crippen molar-refractivity contribution in [3.8, 4) is 0 Å². The smallest absolute Gasteiger partial charge is 0.234 e. The Morgan fingerprint density at radius 3 is 2.57 bits per heavy atom. The number of likely N-dealkylation sites (N-methyl/N-ethyl adjacent to an activating group) is 1. The average Bonchev–Trinajstić information content (AvgIpc) is 2.16. The van der Waals surface area contributed by atoms with Gasteiger partial charge in [0.1, 0.15) is 0 Å². The molecule has 1 saturated carbocycles. The number of fused-ring (bicyclic) bond motifs is 1. The Kier molecular flexibility index (Phi) is 2.77. The van der Waals surface area contributed by atoms with Gasteiger partial charge in [0.05, 0.1) is 6.04 Å². The third-order valence-electron chi connectivity index (χ3n) is 3.98. The number of carbonyl (C=O) groups excluding carboxylic acids is 1. The van der Waals surface area contributed by atoms with Crippen LogP contribution in [0.2, 0.25) is 0 Å². The summed E-state index contributed by atoms with van der Waals surface area (Å²) >= 11 is 0. The molecule has 2 unspecified atom stereocenters.